The summed E-state index contributed by atoms with van der Waals surface area (Å²) in [7, 11) is 1.73. The van der Waals surface area contributed by atoms with E-state index >= 15 is 0 Å². The van der Waals surface area contributed by atoms with Gasteiger partial charge in [0.25, 0.3) is 0 Å². The molecule has 1 aliphatic carbocycles. The van der Waals surface area contributed by atoms with E-state index in [1.807, 2.05) is 0 Å². The number of hydrogen-bond donors (Lipinski definition) is 0. The third-order valence-electron chi connectivity index (χ3n) is 5.45. The van der Waals surface area contributed by atoms with Crippen LogP contribution in [-0.4, -0.2) is 25.9 Å². The van der Waals surface area contributed by atoms with Crippen LogP contribution in [0.25, 0.3) is 5.76 Å². The molecule has 146 valence electrons. The normalized spacial score (nSPS) is 13.6. The van der Waals surface area contributed by atoms with E-state index in [1.165, 1.54) is 76.0 Å². The summed E-state index contributed by atoms with van der Waals surface area (Å²) in [5, 5.41) is 0. The van der Waals surface area contributed by atoms with Gasteiger partial charge in [-0.05, 0) is 0 Å². The summed E-state index contributed by atoms with van der Waals surface area (Å²) < 4.78 is 16.7. The molecule has 0 atom stereocenters. The van der Waals surface area contributed by atoms with Crippen LogP contribution >= 0.6 is 0 Å². The van der Waals surface area contributed by atoms with E-state index in [4.69, 9.17) is 7.81 Å². The molecule has 0 N–H and O–H groups in total. The van der Waals surface area contributed by atoms with E-state index < -0.39 is 18.8 Å². The van der Waals surface area contributed by atoms with Crippen molar-refractivity contribution >= 4 is 24.6 Å². The van der Waals surface area contributed by atoms with E-state index in [1.54, 1.807) is 12.7 Å². The van der Waals surface area contributed by atoms with Crippen molar-refractivity contribution in [2.75, 3.05) is 7.11 Å². The molecule has 1 aromatic carbocycles. The van der Waals surface area contributed by atoms with Crippen molar-refractivity contribution in [2.24, 2.45) is 0 Å². The zero-order valence-corrected chi connectivity index (χ0v) is 20.3. The molecule has 0 amide bonds. The van der Waals surface area contributed by atoms with Crippen LogP contribution in [0.1, 0.15) is 77.7 Å². The predicted octanol–water partition coefficient (Wildman–Crippen LogP) is 7.56. The molecule has 2 nitrogen and oxygen atoms in total. The van der Waals surface area contributed by atoms with Gasteiger partial charge in [-0.1, -0.05) is 0 Å². The Morgan fingerprint density at radius 3 is 1.73 bits per heavy atom. The first-order chi connectivity index (χ1) is 12.7. The van der Waals surface area contributed by atoms with Gasteiger partial charge in [-0.15, -0.1) is 0 Å². The molecule has 0 unspecified atom stereocenters. The van der Waals surface area contributed by atoms with E-state index in [0.29, 0.717) is 0 Å². The number of hydrogen-bond acceptors (Lipinski definition) is 2. The zero-order chi connectivity index (χ0) is 18.8. The maximum atomic E-state index is 7.18. The summed E-state index contributed by atoms with van der Waals surface area (Å²) in [6, 6.07) is 8.52. The minimum absolute atomic E-state index is 0.923. The Labute approximate surface area is 165 Å². The van der Waals surface area contributed by atoms with Crippen LogP contribution in [0.15, 0.2) is 29.8 Å². The maximum absolute atomic E-state index is 7.18. The van der Waals surface area contributed by atoms with Gasteiger partial charge < -0.3 is 0 Å². The summed E-state index contributed by atoms with van der Waals surface area (Å²) in [6.07, 6.45) is 10.3. The molecule has 1 saturated carbocycles. The second-order valence-corrected chi connectivity index (χ2v) is 19.4. The van der Waals surface area contributed by atoms with E-state index in [2.05, 4.69) is 45.0 Å². The molecule has 0 heterocycles. The molecular weight excluding hydrogens is 427 g/mol. The molecule has 26 heavy (non-hydrogen) atoms. The van der Waals surface area contributed by atoms with Crippen LogP contribution in [0, 0.1) is 0 Å². The van der Waals surface area contributed by atoms with E-state index in [9.17, 15) is 0 Å². The fourth-order valence-corrected chi connectivity index (χ4v) is 17.2. The molecule has 3 heteroatoms. The summed E-state index contributed by atoms with van der Waals surface area (Å²) in [6.45, 7) is 6.96. The average Bonchev–Trinajstić information content (AvgIpc) is 3.52. The summed E-state index contributed by atoms with van der Waals surface area (Å²) in [5.74, 6) is 2.18. The topological polar surface area (TPSA) is 18.5 Å². The molecule has 0 spiro atoms. The summed E-state index contributed by atoms with van der Waals surface area (Å²) in [4.78, 5) is 0. The first kappa shape index (κ1) is 21.7. The Kier molecular flexibility index (Phi) is 9.38. The molecular formula is C23H38O2Sn. The van der Waals surface area contributed by atoms with Gasteiger partial charge >= 0.3 is 166 Å². The SMILES string of the molecule is CCC[CH2][Sn]([CH2]CCC)([CH2]CCC)[O]C(=C1CC1)c1ccc(OC)cc1. The van der Waals surface area contributed by atoms with Gasteiger partial charge in [0.15, 0.2) is 0 Å². The Morgan fingerprint density at radius 1 is 0.846 bits per heavy atom. The zero-order valence-electron chi connectivity index (χ0n) is 17.4. The summed E-state index contributed by atoms with van der Waals surface area (Å²) >= 11 is -2.63. The summed E-state index contributed by atoms with van der Waals surface area (Å²) in [5.41, 5.74) is 2.81. The Bertz CT molecular complexity index is 534. The molecule has 0 bridgehead atoms. The number of unbranched alkanes of at least 4 members (excludes halogenated alkanes) is 3. The molecule has 1 fully saturated rings. The molecule has 0 saturated heterocycles. The van der Waals surface area contributed by atoms with Gasteiger partial charge in [-0.3, -0.25) is 0 Å². The first-order valence-corrected chi connectivity index (χ1v) is 18.0. The molecule has 2 rings (SSSR count). The third-order valence-corrected chi connectivity index (χ3v) is 18.1. The van der Waals surface area contributed by atoms with Crippen molar-refractivity contribution in [3.05, 3.63) is 35.4 Å². The van der Waals surface area contributed by atoms with E-state index in [-0.39, 0.29) is 0 Å². The van der Waals surface area contributed by atoms with Crippen LogP contribution in [0.3, 0.4) is 0 Å². The van der Waals surface area contributed by atoms with Gasteiger partial charge in [0.2, 0.25) is 0 Å². The molecule has 0 radical (unpaired) electrons. The number of methoxy groups -OCH3 is 1. The van der Waals surface area contributed by atoms with Crippen molar-refractivity contribution in [3.8, 4) is 5.75 Å². The number of rotatable bonds is 13. The Balaban J connectivity index is 2.27. The number of benzene rings is 1. The molecule has 0 aliphatic heterocycles. The second-order valence-electron chi connectivity index (χ2n) is 7.76. The second kappa shape index (κ2) is 11.3. The van der Waals surface area contributed by atoms with Gasteiger partial charge in [-0.25, -0.2) is 0 Å². The number of allylic oxidation sites excluding steroid dienone is 1. The fourth-order valence-electron chi connectivity index (χ4n) is 3.61. The van der Waals surface area contributed by atoms with Crippen molar-refractivity contribution < 1.29 is 7.81 Å². The van der Waals surface area contributed by atoms with Crippen LogP contribution < -0.4 is 4.74 Å². The van der Waals surface area contributed by atoms with Crippen LogP contribution in [-0.2, 0) is 3.07 Å². The Morgan fingerprint density at radius 2 is 1.35 bits per heavy atom. The fraction of sp³-hybridized carbons (Fsp3) is 0.652. The van der Waals surface area contributed by atoms with Gasteiger partial charge in [-0.2, -0.15) is 0 Å². The van der Waals surface area contributed by atoms with Gasteiger partial charge in [0, 0.05) is 0 Å². The molecule has 1 aliphatic rings. The quantitative estimate of drug-likeness (QED) is 0.221. The van der Waals surface area contributed by atoms with Crippen molar-refractivity contribution in [1.29, 1.82) is 0 Å². The van der Waals surface area contributed by atoms with Crippen LogP contribution in [0.2, 0.25) is 13.3 Å². The number of ether oxygens (including phenoxy) is 1. The van der Waals surface area contributed by atoms with Crippen LogP contribution in [0.5, 0.6) is 5.75 Å². The molecule has 1 aromatic rings. The van der Waals surface area contributed by atoms with Gasteiger partial charge in [0.1, 0.15) is 0 Å². The average molecular weight is 465 g/mol. The van der Waals surface area contributed by atoms with Crippen molar-refractivity contribution in [3.63, 3.8) is 0 Å². The monoisotopic (exact) mass is 466 g/mol. The third kappa shape index (κ3) is 6.51. The minimum atomic E-state index is -2.63. The van der Waals surface area contributed by atoms with Crippen molar-refractivity contribution in [1.82, 2.24) is 0 Å². The predicted molar refractivity (Wildman–Crippen MR) is 115 cm³/mol. The first-order valence-electron chi connectivity index (χ1n) is 10.7. The van der Waals surface area contributed by atoms with Gasteiger partial charge in [0.05, 0.1) is 0 Å². The van der Waals surface area contributed by atoms with Crippen LogP contribution in [0.4, 0.5) is 0 Å². The Hall–Kier alpha value is -0.641. The van der Waals surface area contributed by atoms with E-state index in [0.717, 1.165) is 5.75 Å². The molecule has 0 aromatic heterocycles. The standard InChI is InChI=1S/C11H12O2.3C4H9.Sn/c1-13-10-6-4-9(5-7-10)11(12)8-2-3-8;3*1-3-4-2;/h4-7,12H,2-3H2,1H3;3*1,3-4H2,2H3;/q;;;;+1/p-1. The van der Waals surface area contributed by atoms with Crippen molar-refractivity contribution in [2.45, 2.75) is 85.4 Å².